The molecule has 0 aromatic carbocycles. The summed E-state index contributed by atoms with van der Waals surface area (Å²) in [5.74, 6) is -5.30. The standard InChI is InChI=1S/2C6H15NO2.C5H8O4.C5H10O2.C4H6O4/c2*1-8-5-3-7-4-6-9-2;6-4(7)2-1-3-5(8)9;1-2-3-4-5(6)7;5-3(6)1-2-4(7)8/h2*7H,3-6H2,1-2H3;1-3H2,(H,6,7)(H,8,9);2-4H2,1H3,(H,6,7);1-2H2,(H,5,6)(H,7,8). The number of carbonyl (C=O) groups is 5. The molecule has 0 aliphatic carbocycles. The molecule has 0 heterocycles. The summed E-state index contributed by atoms with van der Waals surface area (Å²) in [6.45, 7) is 9.38. The van der Waals surface area contributed by atoms with E-state index in [-0.39, 0.29) is 32.1 Å². The van der Waals surface area contributed by atoms with Crippen LogP contribution in [0.15, 0.2) is 0 Å². The lowest BCUT2D eigenvalue weighted by molar-refractivity contribution is -0.657. The third kappa shape index (κ3) is 83.2. The van der Waals surface area contributed by atoms with Crippen LogP contribution in [0.3, 0.4) is 0 Å². The molecule has 0 atom stereocenters. The molecule has 16 heteroatoms. The molecule has 0 amide bonds. The van der Waals surface area contributed by atoms with E-state index >= 15 is 0 Å². The van der Waals surface area contributed by atoms with E-state index in [9.17, 15) is 34.2 Å². The molecule has 0 aliphatic heterocycles. The van der Waals surface area contributed by atoms with Crippen molar-refractivity contribution in [3.63, 3.8) is 0 Å². The van der Waals surface area contributed by atoms with Crippen molar-refractivity contribution in [2.24, 2.45) is 0 Å². The molecule has 0 aromatic heterocycles. The van der Waals surface area contributed by atoms with Gasteiger partial charge in [-0.2, -0.15) is 0 Å². The topological polar surface area (TPSA) is 262 Å². The summed E-state index contributed by atoms with van der Waals surface area (Å²) < 4.78 is 19.4. The smallest absolute Gasteiger partial charge is 0.303 e. The van der Waals surface area contributed by atoms with E-state index in [0.29, 0.717) is 6.42 Å². The number of hydrogen-bond acceptors (Lipinski definition) is 11. The number of carboxylic acid groups (broad SMARTS) is 5. The fourth-order valence-corrected chi connectivity index (χ4v) is 2.01. The van der Waals surface area contributed by atoms with Gasteiger partial charge in [0, 0.05) is 46.8 Å². The highest BCUT2D eigenvalue weighted by atomic mass is 16.5. The van der Waals surface area contributed by atoms with Gasteiger partial charge in [0.1, 0.15) is 0 Å². The van der Waals surface area contributed by atoms with Crippen molar-refractivity contribution in [3.8, 4) is 0 Å². The first-order valence-electron chi connectivity index (χ1n) is 13.5. The summed E-state index contributed by atoms with van der Waals surface area (Å²) >= 11 is 0. The van der Waals surface area contributed by atoms with Crippen LogP contribution in [-0.2, 0) is 42.9 Å². The maximum Gasteiger partial charge on any atom is 0.303 e. The van der Waals surface area contributed by atoms with Crippen molar-refractivity contribution in [2.45, 2.75) is 58.3 Å². The minimum Gasteiger partial charge on any atom is -0.550 e. The number of unbranched alkanes of at least 4 members (excludes halogenated alkanes) is 1. The molecule has 7 N–H and O–H groups in total. The molecule has 42 heavy (non-hydrogen) atoms. The lowest BCUT2D eigenvalue weighted by Crippen LogP contribution is -2.86. The van der Waals surface area contributed by atoms with Crippen LogP contribution in [0.4, 0.5) is 0 Å². The first-order valence-corrected chi connectivity index (χ1v) is 13.5. The number of carboxylic acids is 5. The normalized spacial score (nSPS) is 9.26. The van der Waals surface area contributed by atoms with Crippen LogP contribution in [0.2, 0.25) is 0 Å². The Balaban J connectivity index is -0.000000136. The van der Waals surface area contributed by atoms with E-state index < -0.39 is 29.8 Å². The third-order valence-electron chi connectivity index (χ3n) is 4.16. The average molecular weight is 619 g/mol. The SMILES string of the molecule is CCCCC(=O)O.COCC[NH2+]CCOC.COCC[NH2+]CCOC.O=C(O)CCC(=O)O.O=C([O-])CCCC(=O)[O-]. The summed E-state index contributed by atoms with van der Waals surface area (Å²) in [6.07, 6.45) is 1.15. The van der Waals surface area contributed by atoms with Gasteiger partial charge in [0.15, 0.2) is 0 Å². The first-order chi connectivity index (χ1) is 19.9. The average Bonchev–Trinajstić information content (AvgIpc) is 2.92. The van der Waals surface area contributed by atoms with Gasteiger partial charge in [0.05, 0.1) is 65.4 Å². The van der Waals surface area contributed by atoms with Crippen molar-refractivity contribution < 1.29 is 79.1 Å². The van der Waals surface area contributed by atoms with Crippen LogP contribution < -0.4 is 20.8 Å². The Bertz CT molecular complexity index is 568. The zero-order valence-electron chi connectivity index (χ0n) is 25.8. The number of ether oxygens (including phenoxy) is 4. The van der Waals surface area contributed by atoms with Crippen molar-refractivity contribution in [3.05, 3.63) is 0 Å². The molecule has 0 saturated carbocycles. The Labute approximate surface area is 248 Å². The molecule has 0 fully saturated rings. The summed E-state index contributed by atoms with van der Waals surface area (Å²) in [7, 11) is 6.85. The molecule has 252 valence electrons. The molecular weight excluding hydrogens is 564 g/mol. The zero-order chi connectivity index (χ0) is 33.4. The van der Waals surface area contributed by atoms with Gasteiger partial charge in [0.25, 0.3) is 0 Å². The number of hydrogen-bond donors (Lipinski definition) is 5. The van der Waals surface area contributed by atoms with Gasteiger partial charge in [-0.25, -0.2) is 0 Å². The van der Waals surface area contributed by atoms with E-state index in [4.69, 9.17) is 34.3 Å². The fourth-order valence-electron chi connectivity index (χ4n) is 2.01. The van der Waals surface area contributed by atoms with Crippen molar-refractivity contribution in [2.75, 3.05) is 81.0 Å². The number of nitrogens with two attached hydrogens (primary N) is 2. The summed E-state index contributed by atoms with van der Waals surface area (Å²) in [4.78, 5) is 48.4. The van der Waals surface area contributed by atoms with Gasteiger partial charge in [0.2, 0.25) is 0 Å². The Kier molecular flexibility index (Phi) is 52.4. The van der Waals surface area contributed by atoms with Crippen LogP contribution in [0.5, 0.6) is 0 Å². The van der Waals surface area contributed by atoms with Gasteiger partial charge in [-0.3, -0.25) is 14.4 Å². The Morgan fingerprint density at radius 3 is 0.976 bits per heavy atom. The van der Waals surface area contributed by atoms with Crippen molar-refractivity contribution >= 4 is 29.8 Å². The minimum absolute atomic E-state index is 0.0880. The van der Waals surface area contributed by atoms with E-state index in [1.807, 2.05) is 6.92 Å². The number of carbonyl (C=O) groups excluding carboxylic acids is 2. The van der Waals surface area contributed by atoms with E-state index in [2.05, 4.69) is 10.6 Å². The van der Waals surface area contributed by atoms with E-state index in [1.165, 1.54) is 0 Å². The van der Waals surface area contributed by atoms with Gasteiger partial charge in [-0.15, -0.1) is 0 Å². The molecule has 0 bridgehead atoms. The second-order valence-electron chi connectivity index (χ2n) is 8.09. The van der Waals surface area contributed by atoms with Crippen LogP contribution in [0.1, 0.15) is 58.3 Å². The lowest BCUT2D eigenvalue weighted by Gasteiger charge is -2.01. The lowest BCUT2D eigenvalue weighted by atomic mass is 10.2. The number of quaternary nitrogens is 2. The molecule has 16 nitrogen and oxygen atoms in total. The predicted molar refractivity (Wildman–Crippen MR) is 146 cm³/mol. The Morgan fingerprint density at radius 2 is 0.810 bits per heavy atom. The monoisotopic (exact) mass is 618 g/mol. The fraction of sp³-hybridized carbons (Fsp3) is 0.808. The maximum atomic E-state index is 9.76. The predicted octanol–water partition coefficient (Wildman–Crippen LogP) is -3.46. The summed E-state index contributed by atoms with van der Waals surface area (Å²) in [5.41, 5.74) is 0. The molecule has 0 unspecified atom stereocenters. The highest BCUT2D eigenvalue weighted by molar-refractivity contribution is 5.75. The van der Waals surface area contributed by atoms with Gasteiger partial charge in [-0.05, 0) is 25.7 Å². The van der Waals surface area contributed by atoms with Gasteiger partial charge >= 0.3 is 17.9 Å². The highest BCUT2D eigenvalue weighted by Gasteiger charge is 2.00. The summed E-state index contributed by atoms with van der Waals surface area (Å²) in [5, 5.41) is 47.5. The molecule has 0 aliphatic rings. The second kappa shape index (κ2) is 45.1. The quantitative estimate of drug-likeness (QED) is 0.0739. The molecule has 0 radical (unpaired) electrons. The minimum atomic E-state index is -1.23. The number of aliphatic carboxylic acids is 5. The van der Waals surface area contributed by atoms with Crippen molar-refractivity contribution in [1.82, 2.24) is 0 Å². The third-order valence-corrected chi connectivity index (χ3v) is 4.16. The number of rotatable bonds is 22. The molecule has 0 rings (SSSR count). The molecular formula is C26H54N2O14. The first kappa shape index (κ1) is 48.8. The maximum absolute atomic E-state index is 9.76. The molecule has 0 aromatic rings. The van der Waals surface area contributed by atoms with E-state index in [1.54, 1.807) is 28.4 Å². The van der Waals surface area contributed by atoms with E-state index in [0.717, 1.165) is 65.4 Å². The van der Waals surface area contributed by atoms with Gasteiger partial charge in [-0.1, -0.05) is 13.3 Å². The second-order valence-corrected chi connectivity index (χ2v) is 8.09. The van der Waals surface area contributed by atoms with Gasteiger partial charge < -0.3 is 64.7 Å². The Morgan fingerprint density at radius 1 is 0.524 bits per heavy atom. The Hall–Kier alpha value is -2.89. The van der Waals surface area contributed by atoms with Crippen LogP contribution in [-0.4, -0.2) is 126 Å². The summed E-state index contributed by atoms with van der Waals surface area (Å²) in [6, 6.07) is 0. The van der Waals surface area contributed by atoms with Crippen molar-refractivity contribution in [1.29, 1.82) is 0 Å². The van der Waals surface area contributed by atoms with Crippen LogP contribution in [0, 0.1) is 0 Å². The zero-order valence-corrected chi connectivity index (χ0v) is 25.8. The molecule has 0 saturated heterocycles. The van der Waals surface area contributed by atoms with Crippen LogP contribution >= 0.6 is 0 Å². The highest BCUT2D eigenvalue weighted by Crippen LogP contribution is 1.91. The largest absolute Gasteiger partial charge is 0.550 e. The number of methoxy groups -OCH3 is 4. The van der Waals surface area contributed by atoms with Crippen LogP contribution in [0.25, 0.3) is 0 Å². The molecule has 0 spiro atoms.